The molecule has 2 N–H and O–H groups in total. The van der Waals surface area contributed by atoms with E-state index in [1.165, 1.54) is 42.8 Å². The van der Waals surface area contributed by atoms with E-state index >= 15 is 0 Å². The molecule has 0 bridgehead atoms. The summed E-state index contributed by atoms with van der Waals surface area (Å²) in [5, 5.41) is 0. The summed E-state index contributed by atoms with van der Waals surface area (Å²) >= 11 is 5.45. The Kier molecular flexibility index (Phi) is 6.97. The SMILES string of the molecule is CCCCCCCSc1ccc(N)cc1Br. The van der Waals surface area contributed by atoms with Crippen molar-refractivity contribution in [2.45, 2.75) is 43.9 Å². The summed E-state index contributed by atoms with van der Waals surface area (Å²) < 4.78 is 1.12. The van der Waals surface area contributed by atoms with Crippen LogP contribution in [-0.2, 0) is 0 Å². The standard InChI is InChI=1S/C13H20BrNS/c1-2-3-4-5-6-9-16-13-8-7-11(15)10-12(13)14/h7-8,10H,2-6,9,15H2,1H3. The molecule has 0 aromatic heterocycles. The summed E-state index contributed by atoms with van der Waals surface area (Å²) in [6.45, 7) is 2.25. The summed E-state index contributed by atoms with van der Waals surface area (Å²) in [7, 11) is 0. The first-order chi connectivity index (χ1) is 7.74. The summed E-state index contributed by atoms with van der Waals surface area (Å²) in [4.78, 5) is 1.30. The monoisotopic (exact) mass is 301 g/mol. The Morgan fingerprint density at radius 1 is 1.19 bits per heavy atom. The first-order valence-corrected chi connectivity index (χ1v) is 7.69. The molecule has 0 aliphatic rings. The van der Waals surface area contributed by atoms with Gasteiger partial charge in [0, 0.05) is 15.1 Å². The maximum atomic E-state index is 5.70. The van der Waals surface area contributed by atoms with Crippen LogP contribution in [0.25, 0.3) is 0 Å². The molecule has 0 aliphatic heterocycles. The summed E-state index contributed by atoms with van der Waals surface area (Å²) in [5.41, 5.74) is 6.52. The highest BCUT2D eigenvalue weighted by atomic mass is 79.9. The van der Waals surface area contributed by atoms with E-state index in [1.54, 1.807) is 0 Å². The third-order valence-corrected chi connectivity index (χ3v) is 4.54. The van der Waals surface area contributed by atoms with Crippen LogP contribution in [0, 0.1) is 0 Å². The third-order valence-electron chi connectivity index (χ3n) is 2.46. The molecule has 3 heteroatoms. The van der Waals surface area contributed by atoms with Crippen LogP contribution in [0.2, 0.25) is 0 Å². The molecule has 0 unspecified atom stereocenters. The van der Waals surface area contributed by atoms with Gasteiger partial charge in [0.25, 0.3) is 0 Å². The van der Waals surface area contributed by atoms with Gasteiger partial charge in [0.1, 0.15) is 0 Å². The minimum absolute atomic E-state index is 0.819. The predicted octanol–water partition coefficient (Wildman–Crippen LogP) is 5.09. The van der Waals surface area contributed by atoms with E-state index in [0.717, 1.165) is 10.2 Å². The zero-order valence-corrected chi connectivity index (χ0v) is 12.2. The van der Waals surface area contributed by atoms with Gasteiger partial charge in [-0.1, -0.05) is 32.6 Å². The molecular formula is C13H20BrNS. The van der Waals surface area contributed by atoms with Gasteiger partial charge in [-0.2, -0.15) is 0 Å². The molecule has 0 radical (unpaired) electrons. The van der Waals surface area contributed by atoms with Gasteiger partial charge >= 0.3 is 0 Å². The van der Waals surface area contributed by atoms with E-state index in [4.69, 9.17) is 5.73 Å². The van der Waals surface area contributed by atoms with Crippen LogP contribution >= 0.6 is 27.7 Å². The van der Waals surface area contributed by atoms with Crippen molar-refractivity contribution in [3.8, 4) is 0 Å². The zero-order chi connectivity index (χ0) is 11.8. The largest absolute Gasteiger partial charge is 0.399 e. The van der Waals surface area contributed by atoms with Gasteiger partial charge in [0.05, 0.1) is 0 Å². The maximum absolute atomic E-state index is 5.70. The van der Waals surface area contributed by atoms with Crippen molar-refractivity contribution in [3.63, 3.8) is 0 Å². The molecule has 0 saturated heterocycles. The number of nitrogen functional groups attached to an aromatic ring is 1. The second-order valence-electron chi connectivity index (χ2n) is 3.95. The van der Waals surface area contributed by atoms with Gasteiger partial charge in [-0.25, -0.2) is 0 Å². The van der Waals surface area contributed by atoms with Gasteiger partial charge in [-0.15, -0.1) is 11.8 Å². The Morgan fingerprint density at radius 3 is 2.62 bits per heavy atom. The molecule has 90 valence electrons. The molecule has 0 fully saturated rings. The number of benzene rings is 1. The molecule has 0 atom stereocenters. The Bertz CT molecular complexity index is 315. The first kappa shape index (κ1) is 13.9. The summed E-state index contributed by atoms with van der Waals surface area (Å²) in [6, 6.07) is 6.03. The number of thioether (sulfide) groups is 1. The van der Waals surface area contributed by atoms with E-state index in [2.05, 4.69) is 28.9 Å². The molecule has 1 aromatic rings. The smallest absolute Gasteiger partial charge is 0.0331 e. The zero-order valence-electron chi connectivity index (χ0n) is 9.84. The topological polar surface area (TPSA) is 26.0 Å². The summed E-state index contributed by atoms with van der Waals surface area (Å²) in [5.74, 6) is 1.20. The molecule has 1 aromatic carbocycles. The van der Waals surface area contributed by atoms with E-state index in [0.29, 0.717) is 0 Å². The molecule has 0 spiro atoms. The van der Waals surface area contributed by atoms with Crippen molar-refractivity contribution < 1.29 is 0 Å². The molecule has 1 nitrogen and oxygen atoms in total. The van der Waals surface area contributed by atoms with Crippen LogP contribution in [0.15, 0.2) is 27.6 Å². The quantitative estimate of drug-likeness (QED) is 0.431. The summed E-state index contributed by atoms with van der Waals surface area (Å²) in [6.07, 6.45) is 6.72. The lowest BCUT2D eigenvalue weighted by atomic mass is 10.2. The van der Waals surface area contributed by atoms with Crippen LogP contribution in [-0.4, -0.2) is 5.75 Å². The Balaban J connectivity index is 2.21. The molecule has 0 saturated carbocycles. The molecular weight excluding hydrogens is 282 g/mol. The van der Waals surface area contributed by atoms with Gasteiger partial charge in [0.2, 0.25) is 0 Å². The molecule has 16 heavy (non-hydrogen) atoms. The molecule has 0 amide bonds. The van der Waals surface area contributed by atoms with Gasteiger partial charge in [0.15, 0.2) is 0 Å². The van der Waals surface area contributed by atoms with Crippen LogP contribution in [0.3, 0.4) is 0 Å². The highest BCUT2D eigenvalue weighted by Gasteiger charge is 2.00. The van der Waals surface area contributed by atoms with E-state index in [1.807, 2.05) is 23.9 Å². The van der Waals surface area contributed by atoms with Crippen molar-refractivity contribution in [3.05, 3.63) is 22.7 Å². The van der Waals surface area contributed by atoms with Crippen molar-refractivity contribution in [2.24, 2.45) is 0 Å². The number of halogens is 1. The second kappa shape index (κ2) is 8.02. The normalized spacial score (nSPS) is 10.6. The average Bonchev–Trinajstić information content (AvgIpc) is 2.26. The minimum Gasteiger partial charge on any atom is -0.399 e. The fourth-order valence-electron chi connectivity index (χ4n) is 1.52. The lowest BCUT2D eigenvalue weighted by Gasteiger charge is -2.05. The predicted molar refractivity (Wildman–Crippen MR) is 78.0 cm³/mol. The minimum atomic E-state index is 0.819. The third kappa shape index (κ3) is 5.26. The van der Waals surface area contributed by atoms with E-state index in [-0.39, 0.29) is 0 Å². The average molecular weight is 302 g/mol. The van der Waals surface area contributed by atoms with Gasteiger partial charge in [-0.3, -0.25) is 0 Å². The number of hydrogen-bond donors (Lipinski definition) is 1. The van der Waals surface area contributed by atoms with Crippen LogP contribution in [0.5, 0.6) is 0 Å². The lowest BCUT2D eigenvalue weighted by molar-refractivity contribution is 0.659. The van der Waals surface area contributed by atoms with Crippen molar-refractivity contribution in [1.82, 2.24) is 0 Å². The molecule has 0 aliphatic carbocycles. The van der Waals surface area contributed by atoms with E-state index < -0.39 is 0 Å². The molecule has 1 rings (SSSR count). The van der Waals surface area contributed by atoms with Crippen LogP contribution in [0.1, 0.15) is 39.0 Å². The fourth-order valence-corrected chi connectivity index (χ4v) is 3.19. The second-order valence-corrected chi connectivity index (χ2v) is 5.94. The number of anilines is 1. The fraction of sp³-hybridized carbons (Fsp3) is 0.538. The number of nitrogens with two attached hydrogens (primary N) is 1. The van der Waals surface area contributed by atoms with Crippen LogP contribution < -0.4 is 5.73 Å². The highest BCUT2D eigenvalue weighted by Crippen LogP contribution is 2.29. The highest BCUT2D eigenvalue weighted by molar-refractivity contribution is 9.10. The number of hydrogen-bond acceptors (Lipinski definition) is 2. The molecule has 0 heterocycles. The Morgan fingerprint density at radius 2 is 1.94 bits per heavy atom. The number of unbranched alkanes of at least 4 members (excludes halogenated alkanes) is 4. The van der Waals surface area contributed by atoms with Crippen molar-refractivity contribution in [2.75, 3.05) is 11.5 Å². The van der Waals surface area contributed by atoms with Gasteiger partial charge in [-0.05, 0) is 46.3 Å². The number of rotatable bonds is 7. The Labute approximate surface area is 111 Å². The van der Waals surface area contributed by atoms with E-state index in [9.17, 15) is 0 Å². The van der Waals surface area contributed by atoms with Crippen molar-refractivity contribution >= 4 is 33.4 Å². The van der Waals surface area contributed by atoms with Crippen molar-refractivity contribution in [1.29, 1.82) is 0 Å². The first-order valence-electron chi connectivity index (χ1n) is 5.92. The maximum Gasteiger partial charge on any atom is 0.0331 e. The lowest BCUT2D eigenvalue weighted by Crippen LogP contribution is -1.86. The van der Waals surface area contributed by atoms with Gasteiger partial charge < -0.3 is 5.73 Å². The Hall–Kier alpha value is -0.150. The van der Waals surface area contributed by atoms with Crippen LogP contribution in [0.4, 0.5) is 5.69 Å².